The average Bonchev–Trinajstić information content (AvgIpc) is 3.43. The number of imide groups is 2. The Morgan fingerprint density at radius 1 is 0.490 bits per heavy atom. The highest BCUT2D eigenvalue weighted by molar-refractivity contribution is 6.35. The summed E-state index contributed by atoms with van der Waals surface area (Å²) < 4.78 is 90.7. The molecule has 0 radical (unpaired) electrons. The maximum absolute atomic E-state index is 15.1. The molecule has 8 nitrogen and oxygen atoms in total. The molecule has 0 fully saturated rings. The largest absolute Gasteiger partial charge is 0.411 e. The number of nitrogens with zero attached hydrogens (tertiary/aromatic N) is 2. The van der Waals surface area contributed by atoms with Gasteiger partial charge >= 0.3 is 12.4 Å². The molecule has 14 heteroatoms. The van der Waals surface area contributed by atoms with Gasteiger partial charge in [0, 0.05) is 11.1 Å². The van der Waals surface area contributed by atoms with E-state index in [0.29, 0.717) is 46.2 Å². The second-order valence-corrected chi connectivity index (χ2v) is 11.4. The molecule has 4 aromatic carbocycles. The highest BCUT2D eigenvalue weighted by Crippen LogP contribution is 2.57. The van der Waals surface area contributed by atoms with E-state index in [0.717, 1.165) is 0 Å². The summed E-state index contributed by atoms with van der Waals surface area (Å²) in [5, 5.41) is 0. The van der Waals surface area contributed by atoms with Crippen LogP contribution in [-0.2, 0) is 5.41 Å². The number of carbonyl (C=O) groups is 6. The van der Waals surface area contributed by atoms with Crippen LogP contribution in [0.25, 0.3) is 0 Å². The molecule has 0 bridgehead atoms. The summed E-state index contributed by atoms with van der Waals surface area (Å²) in [7, 11) is 0. The summed E-state index contributed by atoms with van der Waals surface area (Å²) in [6.07, 6.45) is -12.3. The lowest BCUT2D eigenvalue weighted by atomic mass is 9.71. The molecule has 49 heavy (non-hydrogen) atoms. The maximum Gasteiger partial charge on any atom is 0.411 e. The molecular formula is C35H20F6N2O6. The quantitative estimate of drug-likeness (QED) is 0.122. The van der Waals surface area contributed by atoms with Crippen LogP contribution in [0.15, 0.2) is 84.9 Å². The summed E-state index contributed by atoms with van der Waals surface area (Å²) in [6.45, 7) is 2.43. The lowest BCUT2D eigenvalue weighted by Gasteiger charge is -2.38. The van der Waals surface area contributed by atoms with E-state index in [2.05, 4.69) is 0 Å². The minimum atomic E-state index is -6.14. The Labute approximate surface area is 272 Å². The van der Waals surface area contributed by atoms with Gasteiger partial charge in [0.05, 0.1) is 33.6 Å². The number of rotatable bonds is 6. The Balaban J connectivity index is 1.50. The van der Waals surface area contributed by atoms with Crippen molar-refractivity contribution in [3.8, 4) is 0 Å². The fraction of sp³-hybridized carbons (Fsp3) is 0.143. The Kier molecular flexibility index (Phi) is 7.46. The minimum absolute atomic E-state index is 0.0951. The first-order valence-corrected chi connectivity index (χ1v) is 14.3. The molecule has 248 valence electrons. The molecule has 0 aromatic heterocycles. The van der Waals surface area contributed by atoms with Gasteiger partial charge in [-0.15, -0.1) is 0 Å². The van der Waals surface area contributed by atoms with Crippen LogP contribution in [0.2, 0.25) is 0 Å². The number of anilines is 2. The first kappa shape index (κ1) is 33.0. The van der Waals surface area contributed by atoms with E-state index in [1.54, 1.807) is 0 Å². The van der Waals surface area contributed by atoms with Crippen molar-refractivity contribution in [1.82, 2.24) is 0 Å². The number of carbonyl (C=O) groups excluding carboxylic acids is 6. The number of benzene rings is 4. The van der Waals surface area contributed by atoms with Crippen LogP contribution in [0.1, 0.15) is 87.1 Å². The number of alkyl halides is 6. The fourth-order valence-corrected chi connectivity index (χ4v) is 6.13. The van der Waals surface area contributed by atoms with Gasteiger partial charge in [-0.1, -0.05) is 36.4 Å². The summed E-state index contributed by atoms with van der Waals surface area (Å²) in [5.41, 5.74) is -10.3. The van der Waals surface area contributed by atoms with E-state index in [4.69, 9.17) is 0 Å². The third-order valence-corrected chi connectivity index (χ3v) is 8.51. The van der Waals surface area contributed by atoms with Gasteiger partial charge in [0.2, 0.25) is 5.41 Å². The van der Waals surface area contributed by atoms with Gasteiger partial charge in [-0.05, 0) is 73.5 Å². The van der Waals surface area contributed by atoms with Gasteiger partial charge in [-0.3, -0.25) is 28.8 Å². The monoisotopic (exact) mass is 678 g/mol. The van der Waals surface area contributed by atoms with Crippen LogP contribution in [0.4, 0.5) is 37.7 Å². The number of ketones is 2. The lowest BCUT2D eigenvalue weighted by Crippen LogP contribution is -2.55. The zero-order chi connectivity index (χ0) is 35.8. The molecule has 4 amide bonds. The predicted molar refractivity (Wildman–Crippen MR) is 161 cm³/mol. The molecule has 0 aliphatic carbocycles. The highest BCUT2D eigenvalue weighted by Gasteiger charge is 2.73. The van der Waals surface area contributed by atoms with Crippen molar-refractivity contribution in [3.05, 3.63) is 129 Å². The minimum Gasteiger partial charge on any atom is -0.295 e. The van der Waals surface area contributed by atoms with Crippen LogP contribution in [0.3, 0.4) is 0 Å². The van der Waals surface area contributed by atoms with Gasteiger partial charge in [0.15, 0.2) is 11.6 Å². The third-order valence-electron chi connectivity index (χ3n) is 8.51. The van der Waals surface area contributed by atoms with Crippen molar-refractivity contribution in [2.45, 2.75) is 31.6 Å². The predicted octanol–water partition coefficient (Wildman–Crippen LogP) is 7.10. The molecule has 0 atom stereocenters. The molecule has 0 saturated heterocycles. The molecule has 2 aliphatic heterocycles. The van der Waals surface area contributed by atoms with Crippen molar-refractivity contribution in [2.75, 3.05) is 9.80 Å². The smallest absolute Gasteiger partial charge is 0.295 e. The molecule has 2 heterocycles. The first-order chi connectivity index (χ1) is 22.9. The van der Waals surface area contributed by atoms with Crippen molar-refractivity contribution in [1.29, 1.82) is 0 Å². The first-order valence-electron chi connectivity index (χ1n) is 14.3. The van der Waals surface area contributed by atoms with Crippen molar-refractivity contribution >= 4 is 46.6 Å². The standard InChI is InChI=1S/C35H20F6N2O6/c1-17(44)19-5-3-7-23(13-19)42-29(46)25-11-9-21(15-27(25)31(42)48)33(34(36,37)38,35(39,40)41)22-10-12-26-28(16-22)32(49)43(30(26)47)24-8-4-6-20(14-24)18(2)45/h3-16H,1-2H3. The van der Waals surface area contributed by atoms with Gasteiger partial charge in [-0.2, -0.15) is 26.3 Å². The molecule has 0 N–H and O–H groups in total. The topological polar surface area (TPSA) is 109 Å². The van der Waals surface area contributed by atoms with Crippen LogP contribution in [-0.4, -0.2) is 47.5 Å². The van der Waals surface area contributed by atoms with E-state index in [9.17, 15) is 28.8 Å². The SMILES string of the molecule is CC(=O)c1cccc(N2C(=O)c3ccc(C(c4ccc5c(c4)C(=O)N(c4cccc(C(C)=O)c4)C5=O)(C(F)(F)F)C(F)(F)F)cc3C2=O)c1. The number of halogens is 6. The average molecular weight is 679 g/mol. The number of fused-ring (bicyclic) bond motifs is 2. The molecule has 0 spiro atoms. The summed E-state index contributed by atoms with van der Waals surface area (Å²) >= 11 is 0. The number of amides is 4. The van der Waals surface area contributed by atoms with E-state index in [1.165, 1.54) is 62.4 Å². The number of hydrogen-bond donors (Lipinski definition) is 0. The highest BCUT2D eigenvalue weighted by atomic mass is 19.4. The Hall–Kier alpha value is -5.92. The second kappa shape index (κ2) is 11.1. The van der Waals surface area contributed by atoms with E-state index in [-0.39, 0.29) is 22.5 Å². The second-order valence-electron chi connectivity index (χ2n) is 11.4. The number of hydrogen-bond acceptors (Lipinski definition) is 6. The van der Waals surface area contributed by atoms with Crippen LogP contribution < -0.4 is 9.80 Å². The normalized spacial score (nSPS) is 14.8. The number of Topliss-reactive ketones (excluding diaryl/α,β-unsaturated/α-hetero) is 2. The van der Waals surface area contributed by atoms with Gasteiger partial charge in [0.1, 0.15) is 0 Å². The lowest BCUT2D eigenvalue weighted by molar-refractivity contribution is -0.288. The molecule has 2 aliphatic rings. The van der Waals surface area contributed by atoms with Crippen molar-refractivity contribution < 1.29 is 55.1 Å². The van der Waals surface area contributed by atoms with Crippen molar-refractivity contribution in [3.63, 3.8) is 0 Å². The van der Waals surface area contributed by atoms with E-state index in [1.807, 2.05) is 0 Å². The summed E-state index contributed by atoms with van der Waals surface area (Å²) in [6, 6.07) is 13.3. The summed E-state index contributed by atoms with van der Waals surface area (Å²) in [4.78, 5) is 78.0. The molecule has 4 aromatic rings. The fourth-order valence-electron chi connectivity index (χ4n) is 6.13. The van der Waals surface area contributed by atoms with Crippen LogP contribution in [0, 0.1) is 0 Å². The van der Waals surface area contributed by atoms with E-state index < -0.39 is 86.3 Å². The Morgan fingerprint density at radius 2 is 0.837 bits per heavy atom. The van der Waals surface area contributed by atoms with Gasteiger partial charge < -0.3 is 0 Å². The molecule has 0 saturated carbocycles. The van der Waals surface area contributed by atoms with Crippen LogP contribution in [0.5, 0.6) is 0 Å². The Bertz CT molecular complexity index is 2020. The zero-order valence-corrected chi connectivity index (χ0v) is 25.2. The molecule has 0 unspecified atom stereocenters. The third kappa shape index (κ3) is 4.85. The summed E-state index contributed by atoms with van der Waals surface area (Å²) in [5.74, 6) is -5.37. The zero-order valence-electron chi connectivity index (χ0n) is 25.2. The Morgan fingerprint density at radius 3 is 1.16 bits per heavy atom. The van der Waals surface area contributed by atoms with E-state index >= 15 is 26.3 Å². The van der Waals surface area contributed by atoms with Gasteiger partial charge in [-0.25, -0.2) is 9.80 Å². The van der Waals surface area contributed by atoms with Gasteiger partial charge in [0.25, 0.3) is 23.6 Å². The van der Waals surface area contributed by atoms with Crippen molar-refractivity contribution in [2.24, 2.45) is 0 Å². The van der Waals surface area contributed by atoms with Crippen LogP contribution >= 0.6 is 0 Å². The molecular weight excluding hydrogens is 658 g/mol. The molecule has 6 rings (SSSR count). The maximum atomic E-state index is 15.1.